The van der Waals surface area contributed by atoms with Crippen LogP contribution in [0.25, 0.3) is 0 Å². The normalized spacial score (nSPS) is 19.0. The van der Waals surface area contributed by atoms with Crippen molar-refractivity contribution in [2.75, 3.05) is 0 Å². The summed E-state index contributed by atoms with van der Waals surface area (Å²) in [6, 6.07) is 0. The fourth-order valence-electron chi connectivity index (χ4n) is 1.49. The van der Waals surface area contributed by atoms with Gasteiger partial charge in [0, 0.05) is 0 Å². The van der Waals surface area contributed by atoms with Gasteiger partial charge < -0.3 is 0 Å². The third kappa shape index (κ3) is 3.44. The van der Waals surface area contributed by atoms with Crippen LogP contribution in [0.15, 0.2) is 0 Å². The van der Waals surface area contributed by atoms with E-state index < -0.39 is 60.6 Å². The lowest BCUT2D eigenvalue weighted by atomic mass is 9.89. The van der Waals surface area contributed by atoms with Crippen LogP contribution in [0.2, 0.25) is 0 Å². The molecule has 0 saturated heterocycles. The van der Waals surface area contributed by atoms with Crippen LogP contribution in [0.4, 0.5) is 74.6 Å². The first kappa shape index (κ1) is 26.8. The summed E-state index contributed by atoms with van der Waals surface area (Å²) in [5.41, 5.74) is 3.51. The van der Waals surface area contributed by atoms with Crippen molar-refractivity contribution in [1.29, 1.82) is 0 Å². The Morgan fingerprint density at radius 2 is 0.750 bits per heavy atom. The second-order valence-corrected chi connectivity index (χ2v) is 5.13. The molecule has 0 spiro atoms. The molecule has 0 aliphatic carbocycles. The Kier molecular flexibility index (Phi) is 6.91. The molecule has 3 unspecified atom stereocenters. The minimum Gasteiger partial charge on any atom is -0.296 e. The van der Waals surface area contributed by atoms with Crippen molar-refractivity contribution in [2.24, 2.45) is 5.73 Å². The molecule has 2 N–H and O–H groups in total. The molecule has 0 aromatic carbocycles. The Labute approximate surface area is 142 Å². The van der Waals surface area contributed by atoms with Gasteiger partial charge in [0.1, 0.15) is 0 Å². The molecule has 0 bridgehead atoms. The maximum Gasteiger partial charge on any atom is 0.384 e. The van der Waals surface area contributed by atoms with Gasteiger partial charge >= 0.3 is 35.5 Å². The summed E-state index contributed by atoms with van der Waals surface area (Å²) in [7, 11) is 0. The maximum absolute atomic E-state index is 13.2. The first-order valence-electron chi connectivity index (χ1n) is 6.19. The molecule has 3 atom stereocenters. The lowest BCUT2D eigenvalue weighted by Gasteiger charge is -2.42. The number of rotatable bonds is 9. The minimum atomic E-state index is -8.36. The maximum atomic E-state index is 13.2. The highest BCUT2D eigenvalue weighted by atomic mass is 19.4. The Bertz CT molecular complexity index is 540. The molecule has 0 fully saturated rings. The molecule has 170 valence electrons. The van der Waals surface area contributed by atoms with E-state index in [0.717, 1.165) is 0 Å². The summed E-state index contributed by atoms with van der Waals surface area (Å²) in [6.45, 7) is 0. The van der Waals surface area contributed by atoms with Gasteiger partial charge in [0.25, 0.3) is 6.43 Å². The van der Waals surface area contributed by atoms with Crippen LogP contribution in [0.3, 0.4) is 0 Å². The van der Waals surface area contributed by atoms with Gasteiger partial charge in [-0.3, -0.25) is 5.73 Å². The van der Waals surface area contributed by atoms with Crippen LogP contribution in [0, 0.1) is 0 Å². The van der Waals surface area contributed by atoms with Crippen LogP contribution in [0.1, 0.15) is 0 Å². The average molecular weight is 463 g/mol. The standard InChI is InChI=1S/C10H6F17N/c11-1(3(13)14)2(12)5(16,17)7(20,21)9(24,25)10(26,27)8(22,23)6(18,19)4(15)28/h1-4H,28H2. The molecule has 0 aliphatic heterocycles. The SMILES string of the molecule is NC(F)C(F)(F)C(F)(F)C(F)(F)C(F)(F)C(F)(F)C(F)(F)C(F)C(F)C(F)F. The minimum absolute atomic E-state index is 3.51. The van der Waals surface area contributed by atoms with Crippen LogP contribution in [0.5, 0.6) is 0 Å². The molecular weight excluding hydrogens is 457 g/mol. The fraction of sp³-hybridized carbons (Fsp3) is 1.00. The molecule has 1 nitrogen and oxygen atoms in total. The van der Waals surface area contributed by atoms with Gasteiger partial charge in [-0.2, -0.15) is 52.7 Å². The van der Waals surface area contributed by atoms with Gasteiger partial charge in [0.05, 0.1) is 0 Å². The van der Waals surface area contributed by atoms with Gasteiger partial charge in [-0.1, -0.05) is 0 Å². The lowest BCUT2D eigenvalue weighted by molar-refractivity contribution is -0.434. The molecule has 0 aromatic heterocycles. The third-order valence-corrected chi connectivity index (χ3v) is 3.23. The number of hydrogen-bond donors (Lipinski definition) is 1. The molecule has 18 heteroatoms. The number of hydrogen-bond acceptors (Lipinski definition) is 1. The van der Waals surface area contributed by atoms with Crippen LogP contribution >= 0.6 is 0 Å². The average Bonchev–Trinajstić information content (AvgIpc) is 2.51. The summed E-state index contributed by atoms with van der Waals surface area (Å²) in [4.78, 5) is 0. The fourth-order valence-corrected chi connectivity index (χ4v) is 1.49. The van der Waals surface area contributed by atoms with Crippen molar-refractivity contribution in [2.45, 2.75) is 60.6 Å². The van der Waals surface area contributed by atoms with E-state index in [4.69, 9.17) is 0 Å². The van der Waals surface area contributed by atoms with E-state index in [0.29, 0.717) is 0 Å². The molecule has 0 amide bonds. The number of alkyl halides is 17. The molecular formula is C10H6F17N. The first-order valence-corrected chi connectivity index (χ1v) is 6.19. The molecule has 0 aliphatic rings. The second-order valence-electron chi connectivity index (χ2n) is 5.13. The summed E-state index contributed by atoms with van der Waals surface area (Å²) >= 11 is 0. The quantitative estimate of drug-likeness (QED) is 0.379. The first-order chi connectivity index (χ1) is 12.0. The van der Waals surface area contributed by atoms with Crippen molar-refractivity contribution < 1.29 is 74.6 Å². The van der Waals surface area contributed by atoms with Gasteiger partial charge in [0.15, 0.2) is 6.17 Å². The van der Waals surface area contributed by atoms with Gasteiger partial charge in [0.2, 0.25) is 12.5 Å². The van der Waals surface area contributed by atoms with Crippen molar-refractivity contribution >= 4 is 0 Å². The summed E-state index contributed by atoms with van der Waals surface area (Å²) in [6.07, 6.45) is -20.5. The van der Waals surface area contributed by atoms with Crippen molar-refractivity contribution in [3.05, 3.63) is 0 Å². The monoisotopic (exact) mass is 463 g/mol. The zero-order valence-corrected chi connectivity index (χ0v) is 12.3. The van der Waals surface area contributed by atoms with E-state index in [2.05, 4.69) is 5.73 Å². The van der Waals surface area contributed by atoms with E-state index in [-0.39, 0.29) is 0 Å². The third-order valence-electron chi connectivity index (χ3n) is 3.23. The predicted molar refractivity (Wildman–Crippen MR) is 54.6 cm³/mol. The predicted octanol–water partition coefficient (Wildman–Crippen LogP) is 4.99. The van der Waals surface area contributed by atoms with Crippen molar-refractivity contribution in [3.8, 4) is 0 Å². The largest absolute Gasteiger partial charge is 0.384 e. The topological polar surface area (TPSA) is 26.0 Å². The second kappa shape index (κ2) is 7.23. The van der Waals surface area contributed by atoms with Gasteiger partial charge in [-0.25, -0.2) is 22.0 Å². The molecule has 0 aromatic rings. The zero-order valence-electron chi connectivity index (χ0n) is 12.3. The van der Waals surface area contributed by atoms with Gasteiger partial charge in [-0.05, 0) is 0 Å². The highest BCUT2D eigenvalue weighted by Gasteiger charge is 2.91. The molecule has 0 saturated carbocycles. The van der Waals surface area contributed by atoms with Gasteiger partial charge in [-0.15, -0.1) is 0 Å². The smallest absolute Gasteiger partial charge is 0.296 e. The molecule has 0 heterocycles. The summed E-state index contributed by atoms with van der Waals surface area (Å²) < 4.78 is 217. The Hall–Kier alpha value is -1.23. The van der Waals surface area contributed by atoms with Crippen LogP contribution in [-0.2, 0) is 0 Å². The van der Waals surface area contributed by atoms with Crippen LogP contribution < -0.4 is 5.73 Å². The highest BCUT2D eigenvalue weighted by molar-refractivity contribution is 5.14. The number of halogens is 17. The Morgan fingerprint density at radius 1 is 0.464 bits per heavy atom. The van der Waals surface area contributed by atoms with E-state index in [1.807, 2.05) is 0 Å². The van der Waals surface area contributed by atoms with E-state index in [1.54, 1.807) is 0 Å². The molecule has 0 radical (unpaired) electrons. The Morgan fingerprint density at radius 3 is 1.00 bits per heavy atom. The molecule has 0 rings (SSSR count). The Balaban J connectivity index is 6.47. The van der Waals surface area contributed by atoms with Crippen molar-refractivity contribution in [1.82, 2.24) is 0 Å². The summed E-state index contributed by atoms with van der Waals surface area (Å²) in [5, 5.41) is 0. The van der Waals surface area contributed by atoms with E-state index >= 15 is 0 Å². The van der Waals surface area contributed by atoms with Crippen LogP contribution in [-0.4, -0.2) is 60.6 Å². The van der Waals surface area contributed by atoms with Crippen molar-refractivity contribution in [3.63, 3.8) is 0 Å². The highest BCUT2D eigenvalue weighted by Crippen LogP contribution is 2.61. The zero-order chi connectivity index (χ0) is 23.3. The summed E-state index contributed by atoms with van der Waals surface area (Å²) in [5.74, 6) is -47.3. The lowest BCUT2D eigenvalue weighted by Crippen LogP contribution is -2.73. The molecule has 28 heavy (non-hydrogen) atoms. The van der Waals surface area contributed by atoms with E-state index in [9.17, 15) is 74.6 Å². The van der Waals surface area contributed by atoms with E-state index in [1.165, 1.54) is 0 Å². The number of nitrogens with two attached hydrogens (primary N) is 1.